The summed E-state index contributed by atoms with van der Waals surface area (Å²) in [6.45, 7) is 6.71. The van der Waals surface area contributed by atoms with Crippen LogP contribution in [0.5, 0.6) is 5.75 Å². The molecule has 0 amide bonds. The fourth-order valence-electron chi connectivity index (χ4n) is 5.41. The van der Waals surface area contributed by atoms with Crippen molar-refractivity contribution in [3.8, 4) is 5.75 Å². The first-order valence-corrected chi connectivity index (χ1v) is 15.0. The second kappa shape index (κ2) is 12.9. The van der Waals surface area contributed by atoms with Crippen molar-refractivity contribution in [3.63, 3.8) is 0 Å². The number of carboxylic acids is 1. The topological polar surface area (TPSA) is 83.9 Å². The third kappa shape index (κ3) is 8.26. The van der Waals surface area contributed by atoms with E-state index in [1.807, 2.05) is 44.2 Å². The Morgan fingerprint density at radius 1 is 1.34 bits per heavy atom. The van der Waals surface area contributed by atoms with Crippen LogP contribution in [-0.2, 0) is 22.4 Å². The van der Waals surface area contributed by atoms with Crippen LogP contribution in [0, 0.1) is 0 Å². The zero-order chi connectivity index (χ0) is 27.2. The second-order valence-corrected chi connectivity index (χ2v) is 11.8. The van der Waals surface area contributed by atoms with E-state index in [1.165, 1.54) is 5.56 Å². The summed E-state index contributed by atoms with van der Waals surface area (Å²) in [5.41, 5.74) is 1.22. The Bertz CT molecular complexity index is 1100. The zero-order valence-corrected chi connectivity index (χ0v) is 24.5. The van der Waals surface area contributed by atoms with E-state index in [4.69, 9.17) is 14.5 Å². The lowest BCUT2D eigenvalue weighted by Gasteiger charge is -2.28. The monoisotopic (exact) mass is 639 g/mol. The SMILES string of the molecule is CC(C)(COCI)Oc1cccc(C(CC(=O)O)CN2CCC(F)(CCc3ccc4c(n3)NCCC4)C2)c1. The second-order valence-electron chi connectivity index (χ2n) is 11.2. The van der Waals surface area contributed by atoms with Crippen LogP contribution in [0.15, 0.2) is 36.4 Å². The number of aryl methyl sites for hydroxylation is 2. The van der Waals surface area contributed by atoms with Crippen molar-refractivity contribution >= 4 is 34.4 Å². The lowest BCUT2D eigenvalue weighted by molar-refractivity contribution is -0.137. The number of pyridine rings is 1. The molecule has 0 saturated carbocycles. The van der Waals surface area contributed by atoms with Gasteiger partial charge in [-0.05, 0) is 75.3 Å². The molecule has 38 heavy (non-hydrogen) atoms. The average molecular weight is 640 g/mol. The molecule has 2 atom stereocenters. The number of rotatable bonds is 13. The van der Waals surface area contributed by atoms with E-state index < -0.39 is 17.2 Å². The van der Waals surface area contributed by atoms with Crippen molar-refractivity contribution in [2.75, 3.05) is 42.7 Å². The van der Waals surface area contributed by atoms with Gasteiger partial charge in [-0.3, -0.25) is 9.69 Å². The first-order valence-electron chi connectivity index (χ1n) is 13.4. The maximum absolute atomic E-state index is 15.8. The molecule has 4 rings (SSSR count). The molecule has 1 fully saturated rings. The fourth-order valence-corrected chi connectivity index (χ4v) is 5.63. The molecule has 0 spiro atoms. The van der Waals surface area contributed by atoms with E-state index in [9.17, 15) is 9.90 Å². The van der Waals surface area contributed by atoms with Gasteiger partial charge in [0.25, 0.3) is 0 Å². The number of hydrogen-bond acceptors (Lipinski definition) is 6. The summed E-state index contributed by atoms with van der Waals surface area (Å²) in [6.07, 6.45) is 3.58. The van der Waals surface area contributed by atoms with Gasteiger partial charge < -0.3 is 19.9 Å². The quantitative estimate of drug-likeness (QED) is 0.218. The van der Waals surface area contributed by atoms with Crippen molar-refractivity contribution in [1.82, 2.24) is 9.88 Å². The van der Waals surface area contributed by atoms with Crippen LogP contribution >= 0.6 is 22.6 Å². The predicted octanol–water partition coefficient (Wildman–Crippen LogP) is 5.61. The van der Waals surface area contributed by atoms with Gasteiger partial charge in [-0.25, -0.2) is 9.37 Å². The van der Waals surface area contributed by atoms with Gasteiger partial charge in [0.2, 0.25) is 0 Å². The average Bonchev–Trinajstić information content (AvgIpc) is 3.26. The van der Waals surface area contributed by atoms with Crippen molar-refractivity contribution in [3.05, 3.63) is 53.2 Å². The van der Waals surface area contributed by atoms with Gasteiger partial charge in [0, 0.05) is 37.8 Å². The number of aliphatic carboxylic acids is 1. The number of nitrogens with one attached hydrogen (secondary N) is 1. The van der Waals surface area contributed by atoms with Crippen LogP contribution in [0.1, 0.15) is 62.3 Å². The van der Waals surface area contributed by atoms with Gasteiger partial charge in [0.15, 0.2) is 0 Å². The highest BCUT2D eigenvalue weighted by Gasteiger charge is 2.39. The number of likely N-dealkylation sites (tertiary alicyclic amines) is 1. The summed E-state index contributed by atoms with van der Waals surface area (Å²) in [5, 5.41) is 13.0. The maximum atomic E-state index is 15.8. The molecule has 1 saturated heterocycles. The van der Waals surface area contributed by atoms with Crippen LogP contribution in [0.4, 0.5) is 10.2 Å². The summed E-state index contributed by atoms with van der Waals surface area (Å²) in [6, 6.07) is 11.7. The molecule has 9 heteroatoms. The van der Waals surface area contributed by atoms with Crippen molar-refractivity contribution in [1.29, 1.82) is 0 Å². The Morgan fingerprint density at radius 2 is 2.18 bits per heavy atom. The van der Waals surface area contributed by atoms with Crippen LogP contribution < -0.4 is 10.1 Å². The molecule has 2 aliphatic rings. The molecular formula is C29H39FIN3O4. The lowest BCUT2D eigenvalue weighted by atomic mass is 9.94. The number of ether oxygens (including phenoxy) is 2. The van der Waals surface area contributed by atoms with Crippen LogP contribution in [0.25, 0.3) is 0 Å². The normalized spacial score (nSPS) is 20.5. The number of carbonyl (C=O) groups is 1. The van der Waals surface area contributed by atoms with E-state index in [0.717, 1.165) is 36.5 Å². The van der Waals surface area contributed by atoms with Gasteiger partial charge >= 0.3 is 5.97 Å². The van der Waals surface area contributed by atoms with E-state index in [-0.39, 0.29) is 12.3 Å². The number of halogens is 2. The molecule has 2 aromatic rings. The maximum Gasteiger partial charge on any atom is 0.304 e. The third-order valence-corrected chi connectivity index (χ3v) is 7.75. The first kappa shape index (κ1) is 29.0. The molecule has 2 aliphatic heterocycles. The number of nitrogens with zero attached hydrogens (tertiary/aromatic N) is 2. The van der Waals surface area contributed by atoms with Crippen LogP contribution in [0.2, 0.25) is 0 Å². The van der Waals surface area contributed by atoms with Gasteiger partial charge in [0.1, 0.15) is 22.8 Å². The highest BCUT2D eigenvalue weighted by atomic mass is 127. The van der Waals surface area contributed by atoms with E-state index in [1.54, 1.807) is 0 Å². The Labute approximate surface area is 238 Å². The number of anilines is 1. The van der Waals surface area contributed by atoms with Crippen molar-refractivity contribution in [2.24, 2.45) is 0 Å². The van der Waals surface area contributed by atoms with Crippen molar-refractivity contribution in [2.45, 2.75) is 69.6 Å². The Morgan fingerprint density at radius 3 is 2.97 bits per heavy atom. The molecule has 1 aromatic heterocycles. The summed E-state index contributed by atoms with van der Waals surface area (Å²) < 4.78 is 28.1. The minimum atomic E-state index is -1.30. The smallest absolute Gasteiger partial charge is 0.304 e. The molecule has 1 aromatic carbocycles. The minimum absolute atomic E-state index is 0.0212. The van der Waals surface area contributed by atoms with Gasteiger partial charge in [-0.15, -0.1) is 0 Å². The first-order chi connectivity index (χ1) is 18.1. The highest BCUT2D eigenvalue weighted by Crippen LogP contribution is 2.34. The molecule has 7 nitrogen and oxygen atoms in total. The molecule has 0 aliphatic carbocycles. The molecule has 2 N–H and O–H groups in total. The fraction of sp³-hybridized carbons (Fsp3) is 0.586. The molecular weight excluding hydrogens is 600 g/mol. The number of carboxylic acid groups (broad SMARTS) is 1. The Hall–Kier alpha value is -1.98. The number of alkyl halides is 2. The predicted molar refractivity (Wildman–Crippen MR) is 155 cm³/mol. The highest BCUT2D eigenvalue weighted by molar-refractivity contribution is 14.1. The third-order valence-electron chi connectivity index (χ3n) is 7.31. The number of hydrogen-bond donors (Lipinski definition) is 2. The Kier molecular flexibility index (Phi) is 9.86. The van der Waals surface area contributed by atoms with Gasteiger partial charge in [-0.2, -0.15) is 0 Å². The number of benzene rings is 1. The lowest BCUT2D eigenvalue weighted by Crippen LogP contribution is -2.34. The molecule has 208 valence electrons. The summed E-state index contributed by atoms with van der Waals surface area (Å²) in [7, 11) is 0. The largest absolute Gasteiger partial charge is 0.485 e. The van der Waals surface area contributed by atoms with Crippen LogP contribution in [0.3, 0.4) is 0 Å². The molecule has 3 heterocycles. The minimum Gasteiger partial charge on any atom is -0.485 e. The Balaban J connectivity index is 1.37. The summed E-state index contributed by atoms with van der Waals surface area (Å²) in [5.74, 6) is 0.488. The zero-order valence-electron chi connectivity index (χ0n) is 22.3. The van der Waals surface area contributed by atoms with E-state index in [2.05, 4.69) is 38.9 Å². The molecule has 2 unspecified atom stereocenters. The molecule has 0 bridgehead atoms. The van der Waals surface area contributed by atoms with E-state index in [0.29, 0.717) is 55.9 Å². The van der Waals surface area contributed by atoms with Crippen LogP contribution in [-0.4, -0.2) is 69.6 Å². The number of fused-ring (bicyclic) bond motifs is 1. The van der Waals surface area contributed by atoms with Gasteiger partial charge in [-0.1, -0.05) is 40.8 Å². The van der Waals surface area contributed by atoms with Crippen molar-refractivity contribution < 1.29 is 23.8 Å². The summed E-state index contributed by atoms with van der Waals surface area (Å²) >= 11 is 2.15. The number of aromatic nitrogens is 1. The summed E-state index contributed by atoms with van der Waals surface area (Å²) in [4.78, 5) is 18.5. The van der Waals surface area contributed by atoms with Gasteiger partial charge in [0.05, 0.1) is 17.6 Å². The molecule has 0 radical (unpaired) electrons. The standard InChI is InChI=1S/C29H39FIN3O4/c1-28(2,19-37-20-31)38-25-7-3-5-22(15-25)23(16-26(35)36)17-34-14-12-29(30,18-34)11-10-24-9-8-21-6-4-13-32-27(21)33-24/h3,5,7-9,15,23H,4,6,10-14,16-20H2,1-2H3,(H,32,33)(H,35,36). The van der Waals surface area contributed by atoms with E-state index >= 15 is 4.39 Å².